The lowest BCUT2D eigenvalue weighted by molar-refractivity contribution is -0.146. The molecule has 0 heterocycles. The molecule has 1 rings (SSSR count). The van der Waals surface area contributed by atoms with Crippen LogP contribution < -0.4 is 0 Å². The molecule has 1 unspecified atom stereocenters. The Bertz CT molecular complexity index is 434. The number of likely N-dealkylation sites (N-methyl/N-ethyl adjacent to an activating group) is 1. The predicted molar refractivity (Wildman–Crippen MR) is 67.7 cm³/mol. The Morgan fingerprint density at radius 1 is 1.59 bits per heavy atom. The van der Waals surface area contributed by atoms with Crippen LogP contribution in [0.2, 0.25) is 0 Å². The maximum atomic E-state index is 11.2. The van der Waals surface area contributed by atoms with Crippen LogP contribution in [-0.2, 0) is 9.59 Å². The van der Waals surface area contributed by atoms with Gasteiger partial charge in [-0.15, -0.1) is 0 Å². The molecule has 0 bridgehead atoms. The third-order valence-corrected chi connectivity index (χ3v) is 3.45. The average Bonchev–Trinajstić information content (AvgIpc) is 2.29. The zero-order valence-electron chi connectivity index (χ0n) is 9.68. The van der Waals surface area contributed by atoms with Gasteiger partial charge < -0.3 is 10.0 Å². The Labute approximate surface area is 108 Å². The molecule has 1 N–H and O–H groups in total. The second-order valence-corrected chi connectivity index (χ2v) is 4.54. The van der Waals surface area contributed by atoms with Crippen molar-refractivity contribution in [3.8, 4) is 0 Å². The lowest BCUT2D eigenvalue weighted by Crippen LogP contribution is -2.32. The normalized spacial score (nSPS) is 11.9. The van der Waals surface area contributed by atoms with Crippen LogP contribution in [0.1, 0.15) is 24.1 Å². The highest BCUT2D eigenvalue weighted by molar-refractivity contribution is 9.10. The van der Waals surface area contributed by atoms with Crippen molar-refractivity contribution in [2.75, 3.05) is 6.54 Å². The summed E-state index contributed by atoms with van der Waals surface area (Å²) in [6.45, 7) is 3.98. The van der Waals surface area contributed by atoms with Gasteiger partial charge in [-0.2, -0.15) is 0 Å². The number of amides is 1. The minimum Gasteiger partial charge on any atom is -0.479 e. The molecule has 0 spiro atoms. The molecule has 1 amide bonds. The van der Waals surface area contributed by atoms with E-state index in [0.29, 0.717) is 18.5 Å². The number of hydrogen-bond acceptors (Lipinski definition) is 2. The van der Waals surface area contributed by atoms with Crippen molar-refractivity contribution in [2.45, 2.75) is 19.9 Å². The van der Waals surface area contributed by atoms with Gasteiger partial charge in [-0.25, -0.2) is 4.79 Å². The molecular formula is C12H14BrNO3. The minimum atomic E-state index is -1.03. The van der Waals surface area contributed by atoms with Gasteiger partial charge in [0.15, 0.2) is 6.04 Å². The average molecular weight is 300 g/mol. The van der Waals surface area contributed by atoms with Gasteiger partial charge in [0, 0.05) is 11.0 Å². The fourth-order valence-corrected chi connectivity index (χ4v) is 1.88. The van der Waals surface area contributed by atoms with E-state index in [1.807, 2.05) is 6.92 Å². The molecule has 1 aromatic carbocycles. The van der Waals surface area contributed by atoms with Gasteiger partial charge in [0.05, 0.1) is 0 Å². The van der Waals surface area contributed by atoms with E-state index in [4.69, 9.17) is 0 Å². The molecule has 0 aliphatic rings. The summed E-state index contributed by atoms with van der Waals surface area (Å²) in [5, 5.41) is 9.21. The quantitative estimate of drug-likeness (QED) is 0.849. The molecule has 5 heteroatoms. The Morgan fingerprint density at radius 2 is 2.24 bits per heavy atom. The van der Waals surface area contributed by atoms with Gasteiger partial charge in [-0.3, -0.25) is 4.79 Å². The molecule has 17 heavy (non-hydrogen) atoms. The molecular weight excluding hydrogens is 286 g/mol. The zero-order valence-corrected chi connectivity index (χ0v) is 11.3. The van der Waals surface area contributed by atoms with Gasteiger partial charge in [0.1, 0.15) is 0 Å². The first kappa shape index (κ1) is 13.7. The molecule has 1 aromatic rings. The number of nitrogens with zero attached hydrogens (tertiary/aromatic N) is 1. The van der Waals surface area contributed by atoms with Crippen molar-refractivity contribution in [2.24, 2.45) is 0 Å². The van der Waals surface area contributed by atoms with E-state index >= 15 is 0 Å². The SMILES string of the molecule is CCN(C=O)C(C(=O)O)c1ccc(Br)c(C)c1. The first-order valence-electron chi connectivity index (χ1n) is 5.21. The lowest BCUT2D eigenvalue weighted by atomic mass is 10.0. The second kappa shape index (κ2) is 5.82. The van der Waals surface area contributed by atoms with Gasteiger partial charge in [0.25, 0.3) is 0 Å². The molecule has 0 aliphatic heterocycles. The first-order valence-corrected chi connectivity index (χ1v) is 6.00. The third-order valence-electron chi connectivity index (χ3n) is 2.56. The van der Waals surface area contributed by atoms with Crippen LogP contribution in [0.4, 0.5) is 0 Å². The molecule has 1 atom stereocenters. The minimum absolute atomic E-state index is 0.357. The van der Waals surface area contributed by atoms with Crippen molar-refractivity contribution in [3.63, 3.8) is 0 Å². The van der Waals surface area contributed by atoms with Gasteiger partial charge in [0.2, 0.25) is 6.41 Å². The number of halogens is 1. The lowest BCUT2D eigenvalue weighted by Gasteiger charge is -2.24. The number of carbonyl (C=O) groups excluding carboxylic acids is 1. The summed E-state index contributed by atoms with van der Waals surface area (Å²) >= 11 is 3.36. The smallest absolute Gasteiger partial charge is 0.331 e. The number of hydrogen-bond donors (Lipinski definition) is 1. The van der Waals surface area contributed by atoms with E-state index in [0.717, 1.165) is 10.0 Å². The molecule has 4 nitrogen and oxygen atoms in total. The van der Waals surface area contributed by atoms with Crippen molar-refractivity contribution in [1.82, 2.24) is 4.90 Å². The van der Waals surface area contributed by atoms with Gasteiger partial charge in [-0.1, -0.05) is 28.1 Å². The number of carbonyl (C=O) groups is 2. The predicted octanol–water partition coefficient (Wildman–Crippen LogP) is 2.36. The first-order chi connectivity index (χ1) is 8.01. The van der Waals surface area contributed by atoms with Crippen LogP contribution in [-0.4, -0.2) is 28.9 Å². The Kier molecular flexibility index (Phi) is 4.69. The highest BCUT2D eigenvalue weighted by Gasteiger charge is 2.25. The monoisotopic (exact) mass is 299 g/mol. The van der Waals surface area contributed by atoms with Crippen LogP contribution in [0.5, 0.6) is 0 Å². The fraction of sp³-hybridized carbons (Fsp3) is 0.333. The summed E-state index contributed by atoms with van der Waals surface area (Å²) in [7, 11) is 0. The highest BCUT2D eigenvalue weighted by Crippen LogP contribution is 2.24. The summed E-state index contributed by atoms with van der Waals surface area (Å²) in [4.78, 5) is 23.4. The summed E-state index contributed by atoms with van der Waals surface area (Å²) in [6, 6.07) is 4.35. The number of carboxylic acids is 1. The van der Waals surface area contributed by atoms with Gasteiger partial charge in [-0.05, 0) is 31.0 Å². The fourth-order valence-electron chi connectivity index (χ4n) is 1.63. The van der Waals surface area contributed by atoms with Crippen molar-refractivity contribution >= 4 is 28.3 Å². The summed E-state index contributed by atoms with van der Waals surface area (Å²) in [5.74, 6) is -1.03. The molecule has 0 fully saturated rings. The van der Waals surface area contributed by atoms with E-state index < -0.39 is 12.0 Å². The number of benzene rings is 1. The molecule has 0 saturated carbocycles. The second-order valence-electron chi connectivity index (χ2n) is 3.69. The number of aryl methyl sites for hydroxylation is 1. The maximum Gasteiger partial charge on any atom is 0.331 e. The molecule has 0 aromatic heterocycles. The van der Waals surface area contributed by atoms with Crippen LogP contribution in [0.15, 0.2) is 22.7 Å². The van der Waals surface area contributed by atoms with Crippen LogP contribution >= 0.6 is 15.9 Å². The van der Waals surface area contributed by atoms with Crippen molar-refractivity contribution in [1.29, 1.82) is 0 Å². The maximum absolute atomic E-state index is 11.2. The summed E-state index contributed by atoms with van der Waals surface area (Å²) < 4.78 is 0.916. The van der Waals surface area contributed by atoms with E-state index in [2.05, 4.69) is 15.9 Å². The Hall–Kier alpha value is -1.36. The number of rotatable bonds is 5. The standard InChI is InChI=1S/C12H14BrNO3/c1-3-14(7-15)11(12(16)17)9-4-5-10(13)8(2)6-9/h4-7,11H,3H2,1-2H3,(H,16,17). The number of carboxylic acid groups (broad SMARTS) is 1. The van der Waals surface area contributed by atoms with E-state index in [1.165, 1.54) is 4.90 Å². The molecule has 92 valence electrons. The molecule has 0 saturated heterocycles. The van der Waals surface area contributed by atoms with Crippen LogP contribution in [0.3, 0.4) is 0 Å². The van der Waals surface area contributed by atoms with Crippen molar-refractivity contribution < 1.29 is 14.7 Å². The molecule has 0 radical (unpaired) electrons. The topological polar surface area (TPSA) is 57.6 Å². The largest absolute Gasteiger partial charge is 0.479 e. The third kappa shape index (κ3) is 3.06. The Balaban J connectivity index is 3.18. The summed E-state index contributed by atoms with van der Waals surface area (Å²) in [6.07, 6.45) is 0.566. The van der Waals surface area contributed by atoms with Crippen LogP contribution in [0, 0.1) is 6.92 Å². The summed E-state index contributed by atoms with van der Waals surface area (Å²) in [5.41, 5.74) is 1.54. The van der Waals surface area contributed by atoms with Crippen molar-refractivity contribution in [3.05, 3.63) is 33.8 Å². The van der Waals surface area contributed by atoms with Gasteiger partial charge >= 0.3 is 5.97 Å². The van der Waals surface area contributed by atoms with E-state index in [1.54, 1.807) is 25.1 Å². The molecule has 0 aliphatic carbocycles. The van der Waals surface area contributed by atoms with E-state index in [-0.39, 0.29) is 0 Å². The zero-order chi connectivity index (χ0) is 13.0. The van der Waals surface area contributed by atoms with E-state index in [9.17, 15) is 14.7 Å². The Morgan fingerprint density at radius 3 is 2.65 bits per heavy atom. The van der Waals surface area contributed by atoms with Crippen LogP contribution in [0.25, 0.3) is 0 Å². The highest BCUT2D eigenvalue weighted by atomic mass is 79.9. The number of aliphatic carboxylic acids is 1.